The van der Waals surface area contributed by atoms with E-state index in [9.17, 15) is 14.7 Å². The van der Waals surface area contributed by atoms with Crippen molar-refractivity contribution in [2.24, 2.45) is 34.5 Å². The van der Waals surface area contributed by atoms with Gasteiger partial charge in [-0.15, -0.1) is 0 Å². The zero-order chi connectivity index (χ0) is 17.4. The molecule has 4 fully saturated rings. The fourth-order valence-electron chi connectivity index (χ4n) is 7.72. The summed E-state index contributed by atoms with van der Waals surface area (Å²) in [5, 5.41) is 9.43. The number of rotatable bonds is 2. The van der Waals surface area contributed by atoms with Crippen molar-refractivity contribution < 1.29 is 19.4 Å². The summed E-state index contributed by atoms with van der Waals surface area (Å²) < 4.78 is 6.37. The first-order valence-corrected chi connectivity index (χ1v) is 9.99. The molecule has 7 atom stereocenters. The Balaban J connectivity index is 1.54. The molecule has 1 spiro atoms. The third kappa shape index (κ3) is 1.96. The van der Waals surface area contributed by atoms with E-state index in [4.69, 9.17) is 4.74 Å². The van der Waals surface area contributed by atoms with Gasteiger partial charge >= 0.3 is 0 Å². The van der Waals surface area contributed by atoms with Crippen molar-refractivity contribution in [3.8, 4) is 0 Å². The van der Waals surface area contributed by atoms with Crippen LogP contribution < -0.4 is 0 Å². The highest BCUT2D eigenvalue weighted by Gasteiger charge is 2.67. The summed E-state index contributed by atoms with van der Waals surface area (Å²) in [6.07, 6.45) is 8.93. The second kappa shape index (κ2) is 5.26. The SMILES string of the molecule is C[C@]12CCC(=O)C=C1CC[C@@H]1[C@@H]2[C@@H]2CC3(CO2)[C@@H](C(=O)CO)CC[C@@H]13. The molecule has 1 saturated heterocycles. The van der Waals surface area contributed by atoms with E-state index in [0.717, 1.165) is 38.5 Å². The van der Waals surface area contributed by atoms with Gasteiger partial charge in [-0.05, 0) is 67.8 Å². The molecule has 4 aliphatic carbocycles. The quantitative estimate of drug-likeness (QED) is 0.836. The Labute approximate surface area is 149 Å². The molecule has 0 radical (unpaired) electrons. The second-order valence-electron chi connectivity index (χ2n) is 9.43. The summed E-state index contributed by atoms with van der Waals surface area (Å²) in [5.41, 5.74) is 1.43. The number of carbonyl (C=O) groups excluding carboxylic acids is 2. The normalized spacial score (nSPS) is 50.7. The Morgan fingerprint density at radius 1 is 1.32 bits per heavy atom. The average molecular weight is 344 g/mol. The van der Waals surface area contributed by atoms with Crippen LogP contribution in [0.4, 0.5) is 0 Å². The van der Waals surface area contributed by atoms with E-state index < -0.39 is 0 Å². The molecule has 4 nitrogen and oxygen atoms in total. The molecule has 1 unspecified atom stereocenters. The van der Waals surface area contributed by atoms with E-state index in [1.807, 2.05) is 6.08 Å². The van der Waals surface area contributed by atoms with E-state index in [2.05, 4.69) is 6.92 Å². The predicted octanol–water partition coefficient (Wildman–Crippen LogP) is 2.68. The minimum atomic E-state index is -0.329. The van der Waals surface area contributed by atoms with Crippen molar-refractivity contribution in [1.82, 2.24) is 0 Å². The largest absolute Gasteiger partial charge is 0.389 e. The molecular weight excluding hydrogens is 316 g/mol. The summed E-state index contributed by atoms with van der Waals surface area (Å²) >= 11 is 0. The number of carbonyl (C=O) groups is 2. The number of allylic oxidation sites excluding steroid dienone is 1. The molecule has 5 aliphatic rings. The summed E-state index contributed by atoms with van der Waals surface area (Å²) in [4.78, 5) is 24.3. The fourth-order valence-corrected chi connectivity index (χ4v) is 7.72. The number of Topliss-reactive ketones (excluding diaryl/α,β-unsaturated/α-hetero) is 1. The average Bonchev–Trinajstić information content (AvgIpc) is 3.17. The summed E-state index contributed by atoms with van der Waals surface area (Å²) in [5.74, 6) is 1.95. The van der Waals surface area contributed by atoms with Crippen molar-refractivity contribution in [3.63, 3.8) is 0 Å². The van der Waals surface area contributed by atoms with Crippen LogP contribution in [0, 0.1) is 34.5 Å². The zero-order valence-electron chi connectivity index (χ0n) is 15.0. The third-order valence-corrected chi connectivity index (χ3v) is 8.71. The van der Waals surface area contributed by atoms with E-state index in [0.29, 0.717) is 30.8 Å². The van der Waals surface area contributed by atoms with Crippen LogP contribution in [0.3, 0.4) is 0 Å². The van der Waals surface area contributed by atoms with E-state index >= 15 is 0 Å². The number of aliphatic hydroxyl groups excluding tert-OH is 1. The van der Waals surface area contributed by atoms with Gasteiger partial charge in [0.15, 0.2) is 11.6 Å². The van der Waals surface area contributed by atoms with Gasteiger partial charge in [-0.1, -0.05) is 12.5 Å². The Morgan fingerprint density at radius 3 is 2.96 bits per heavy atom. The summed E-state index contributed by atoms with van der Waals surface area (Å²) in [7, 11) is 0. The fraction of sp³-hybridized carbons (Fsp3) is 0.810. The van der Waals surface area contributed by atoms with Crippen LogP contribution in [0.25, 0.3) is 0 Å². The summed E-state index contributed by atoms with van der Waals surface area (Å²) in [6, 6.07) is 0. The monoisotopic (exact) mass is 344 g/mol. The van der Waals surface area contributed by atoms with E-state index in [-0.39, 0.29) is 41.0 Å². The highest BCUT2D eigenvalue weighted by molar-refractivity contribution is 5.91. The van der Waals surface area contributed by atoms with Crippen LogP contribution in [0.5, 0.6) is 0 Å². The lowest BCUT2D eigenvalue weighted by Crippen LogP contribution is -2.54. The molecule has 25 heavy (non-hydrogen) atoms. The minimum Gasteiger partial charge on any atom is -0.389 e. The predicted molar refractivity (Wildman–Crippen MR) is 91.7 cm³/mol. The van der Waals surface area contributed by atoms with Crippen LogP contribution >= 0.6 is 0 Å². The molecule has 136 valence electrons. The molecule has 1 heterocycles. The van der Waals surface area contributed by atoms with Crippen LogP contribution in [0.2, 0.25) is 0 Å². The van der Waals surface area contributed by atoms with Gasteiger partial charge < -0.3 is 9.84 Å². The third-order valence-electron chi connectivity index (χ3n) is 8.71. The minimum absolute atomic E-state index is 0.00821. The molecule has 5 rings (SSSR count). The van der Waals surface area contributed by atoms with Crippen LogP contribution in [-0.4, -0.2) is 36.0 Å². The Morgan fingerprint density at radius 2 is 2.16 bits per heavy atom. The zero-order valence-corrected chi connectivity index (χ0v) is 15.0. The van der Waals surface area contributed by atoms with E-state index in [1.54, 1.807) is 0 Å². The highest BCUT2D eigenvalue weighted by Crippen LogP contribution is 2.69. The smallest absolute Gasteiger partial charge is 0.161 e. The van der Waals surface area contributed by atoms with Crippen molar-refractivity contribution in [1.29, 1.82) is 0 Å². The Kier molecular flexibility index (Phi) is 3.41. The van der Waals surface area contributed by atoms with Crippen LogP contribution in [-0.2, 0) is 14.3 Å². The number of ether oxygens (including phenoxy) is 1. The van der Waals surface area contributed by atoms with Gasteiger partial charge in [-0.25, -0.2) is 0 Å². The lowest BCUT2D eigenvalue weighted by molar-refractivity contribution is -0.131. The molecule has 3 saturated carbocycles. The van der Waals surface area contributed by atoms with Crippen LogP contribution in [0.15, 0.2) is 11.6 Å². The van der Waals surface area contributed by atoms with E-state index in [1.165, 1.54) is 5.57 Å². The molecule has 0 amide bonds. The molecular formula is C21H28O4. The Hall–Kier alpha value is -1.00. The number of ketones is 2. The maximum absolute atomic E-state index is 12.4. The maximum atomic E-state index is 12.4. The van der Waals surface area contributed by atoms with Gasteiger partial charge in [0.05, 0.1) is 12.7 Å². The lowest BCUT2D eigenvalue weighted by Gasteiger charge is -2.57. The van der Waals surface area contributed by atoms with Gasteiger partial charge in [0.2, 0.25) is 0 Å². The summed E-state index contributed by atoms with van der Waals surface area (Å²) in [6.45, 7) is 2.73. The van der Waals surface area contributed by atoms with Gasteiger partial charge in [0, 0.05) is 17.8 Å². The molecule has 0 aromatic carbocycles. The molecule has 4 heteroatoms. The lowest BCUT2D eigenvalue weighted by atomic mass is 9.46. The maximum Gasteiger partial charge on any atom is 0.161 e. The first kappa shape index (κ1) is 16.2. The van der Waals surface area contributed by atoms with Crippen molar-refractivity contribution >= 4 is 11.6 Å². The number of aliphatic hydroxyl groups is 1. The van der Waals surface area contributed by atoms with Gasteiger partial charge in [0.25, 0.3) is 0 Å². The first-order chi connectivity index (χ1) is 12.0. The topological polar surface area (TPSA) is 63.6 Å². The van der Waals surface area contributed by atoms with Gasteiger partial charge in [-0.2, -0.15) is 0 Å². The van der Waals surface area contributed by atoms with Crippen molar-refractivity contribution in [3.05, 3.63) is 11.6 Å². The first-order valence-electron chi connectivity index (χ1n) is 9.99. The molecule has 0 aromatic heterocycles. The standard InChI is InChI=1S/C21H28O4/c1-20-7-6-13(23)8-12(20)2-3-14-15-4-5-16(17(24)10-22)21(15)9-18(19(14)20)25-11-21/h8,14-16,18-19,22H,2-7,9-11H2,1H3/t14-,15-,16+,18-,19+,20-,21?/m0/s1. The van der Waals surface area contributed by atoms with Crippen molar-refractivity contribution in [2.45, 2.75) is 58.0 Å². The van der Waals surface area contributed by atoms with Gasteiger partial charge in [-0.3, -0.25) is 9.59 Å². The van der Waals surface area contributed by atoms with Crippen LogP contribution in [0.1, 0.15) is 51.9 Å². The molecule has 0 aromatic rings. The molecule has 1 N–H and O–H groups in total. The second-order valence-corrected chi connectivity index (χ2v) is 9.43. The number of fused-ring (bicyclic) bond motifs is 6. The van der Waals surface area contributed by atoms with Crippen molar-refractivity contribution in [2.75, 3.05) is 13.2 Å². The number of hydrogen-bond acceptors (Lipinski definition) is 4. The molecule has 1 aliphatic heterocycles. The number of hydrogen-bond donors (Lipinski definition) is 1. The van der Waals surface area contributed by atoms with Gasteiger partial charge in [0.1, 0.15) is 6.61 Å². The highest BCUT2D eigenvalue weighted by atomic mass is 16.5. The molecule has 2 bridgehead atoms. The Bertz CT molecular complexity index is 667.